The fraction of sp³-hybridized carbons (Fsp3) is 0.500. The van der Waals surface area contributed by atoms with Crippen LogP contribution >= 0.6 is 22.6 Å². The molecule has 0 atom stereocenters. The van der Waals surface area contributed by atoms with Crippen molar-refractivity contribution in [1.82, 2.24) is 5.32 Å². The first-order valence-electron chi connectivity index (χ1n) is 6.24. The van der Waals surface area contributed by atoms with Crippen LogP contribution in [0.2, 0.25) is 0 Å². The number of carbonyl (C=O) groups excluding carboxylic acids is 1. The Balaban J connectivity index is 2.36. The second-order valence-electron chi connectivity index (χ2n) is 4.77. The van der Waals surface area contributed by atoms with Gasteiger partial charge in [0.25, 0.3) is 5.91 Å². The van der Waals surface area contributed by atoms with Crippen molar-refractivity contribution < 1.29 is 9.18 Å². The molecule has 0 unspecified atom stereocenters. The average molecular weight is 363 g/mol. The summed E-state index contributed by atoms with van der Waals surface area (Å²) in [5, 5.41) is 2.87. The van der Waals surface area contributed by atoms with Gasteiger partial charge in [-0.1, -0.05) is 26.7 Å². The monoisotopic (exact) mass is 363 g/mol. The number of hydrogen-bond acceptors (Lipinski definition) is 1. The molecule has 0 spiro atoms. The maximum absolute atomic E-state index is 12.9. The molecule has 0 heterocycles. The van der Waals surface area contributed by atoms with Crippen LogP contribution in [0.5, 0.6) is 0 Å². The number of halogens is 2. The molecule has 1 amide bonds. The Morgan fingerprint density at radius 1 is 1.39 bits per heavy atom. The number of rotatable bonds is 6. The van der Waals surface area contributed by atoms with Gasteiger partial charge in [0.15, 0.2) is 0 Å². The molecule has 0 radical (unpaired) electrons. The molecular weight excluding hydrogens is 344 g/mol. The van der Waals surface area contributed by atoms with Gasteiger partial charge in [0.1, 0.15) is 5.82 Å². The molecule has 1 aromatic carbocycles. The van der Waals surface area contributed by atoms with E-state index in [1.807, 2.05) is 22.6 Å². The van der Waals surface area contributed by atoms with Crippen LogP contribution in [0.15, 0.2) is 18.2 Å². The normalized spacial score (nSPS) is 10.7. The summed E-state index contributed by atoms with van der Waals surface area (Å²) >= 11 is 1.98. The van der Waals surface area contributed by atoms with Crippen molar-refractivity contribution in [3.05, 3.63) is 33.1 Å². The zero-order chi connectivity index (χ0) is 13.5. The smallest absolute Gasteiger partial charge is 0.252 e. The number of hydrogen-bond donors (Lipinski definition) is 1. The molecule has 1 aromatic rings. The summed E-state index contributed by atoms with van der Waals surface area (Å²) in [7, 11) is 0. The zero-order valence-electron chi connectivity index (χ0n) is 10.8. The molecule has 0 saturated carbocycles. The molecule has 0 aliphatic heterocycles. The molecular formula is C14H19FINO. The maximum atomic E-state index is 12.9. The molecule has 0 bridgehead atoms. The van der Waals surface area contributed by atoms with Crippen molar-refractivity contribution >= 4 is 28.5 Å². The van der Waals surface area contributed by atoms with Crippen molar-refractivity contribution in [3.63, 3.8) is 0 Å². The lowest BCUT2D eigenvalue weighted by molar-refractivity contribution is 0.0952. The quantitative estimate of drug-likeness (QED) is 0.601. The van der Waals surface area contributed by atoms with Crippen LogP contribution in [-0.2, 0) is 0 Å². The lowest BCUT2D eigenvalue weighted by Crippen LogP contribution is -2.25. The fourth-order valence-electron chi connectivity index (χ4n) is 1.65. The van der Waals surface area contributed by atoms with E-state index in [9.17, 15) is 9.18 Å². The highest BCUT2D eigenvalue weighted by atomic mass is 127. The Bertz CT molecular complexity index is 407. The molecule has 0 aliphatic rings. The third-order valence-corrected chi connectivity index (χ3v) is 3.56. The highest BCUT2D eigenvalue weighted by Crippen LogP contribution is 2.13. The van der Waals surface area contributed by atoms with Crippen LogP contribution in [0.25, 0.3) is 0 Å². The van der Waals surface area contributed by atoms with Crippen LogP contribution in [0.3, 0.4) is 0 Å². The maximum Gasteiger partial charge on any atom is 0.252 e. The minimum atomic E-state index is -0.312. The molecule has 2 nitrogen and oxygen atoms in total. The second kappa shape index (κ2) is 7.71. The number of nitrogens with one attached hydrogen (secondary N) is 1. The van der Waals surface area contributed by atoms with Crippen molar-refractivity contribution in [2.24, 2.45) is 5.92 Å². The summed E-state index contributed by atoms with van der Waals surface area (Å²) in [5.74, 6) is 0.274. The lowest BCUT2D eigenvalue weighted by Gasteiger charge is -2.08. The van der Waals surface area contributed by atoms with Crippen LogP contribution in [0, 0.1) is 15.3 Å². The van der Waals surface area contributed by atoms with E-state index in [2.05, 4.69) is 19.2 Å². The third-order valence-electron chi connectivity index (χ3n) is 2.67. The van der Waals surface area contributed by atoms with E-state index in [1.54, 1.807) is 0 Å². The summed E-state index contributed by atoms with van der Waals surface area (Å²) in [6, 6.07) is 4.21. The Morgan fingerprint density at radius 2 is 2.11 bits per heavy atom. The number of carbonyl (C=O) groups is 1. The van der Waals surface area contributed by atoms with Crippen LogP contribution in [0.1, 0.15) is 43.5 Å². The van der Waals surface area contributed by atoms with E-state index in [1.165, 1.54) is 24.6 Å². The Kier molecular flexibility index (Phi) is 6.60. The van der Waals surface area contributed by atoms with Gasteiger partial charge in [0.05, 0.1) is 5.56 Å². The average Bonchev–Trinajstić information content (AvgIpc) is 2.27. The predicted molar refractivity (Wildman–Crippen MR) is 80.1 cm³/mol. The predicted octanol–water partition coefficient (Wildman–Crippen LogP) is 3.99. The van der Waals surface area contributed by atoms with Crippen LogP contribution < -0.4 is 5.32 Å². The summed E-state index contributed by atoms with van der Waals surface area (Å²) in [5.41, 5.74) is 0.542. The van der Waals surface area contributed by atoms with Gasteiger partial charge in [-0.15, -0.1) is 0 Å². The minimum absolute atomic E-state index is 0.121. The van der Waals surface area contributed by atoms with Gasteiger partial charge in [-0.3, -0.25) is 4.79 Å². The summed E-state index contributed by atoms with van der Waals surface area (Å²) in [6.07, 6.45) is 3.30. The fourth-order valence-corrected chi connectivity index (χ4v) is 2.37. The van der Waals surface area contributed by atoms with Gasteiger partial charge in [-0.25, -0.2) is 4.39 Å². The highest BCUT2D eigenvalue weighted by Gasteiger charge is 2.09. The van der Waals surface area contributed by atoms with Gasteiger partial charge < -0.3 is 5.32 Å². The first-order chi connectivity index (χ1) is 8.50. The molecule has 1 rings (SSSR count). The van der Waals surface area contributed by atoms with Gasteiger partial charge >= 0.3 is 0 Å². The van der Waals surface area contributed by atoms with Gasteiger partial charge in [-0.2, -0.15) is 0 Å². The topological polar surface area (TPSA) is 29.1 Å². The third kappa shape index (κ3) is 5.33. The van der Waals surface area contributed by atoms with E-state index < -0.39 is 0 Å². The molecule has 4 heteroatoms. The summed E-state index contributed by atoms with van der Waals surface area (Å²) in [6.45, 7) is 5.07. The Hall–Kier alpha value is -0.650. The SMILES string of the molecule is CC(C)CCCCNC(=O)c1ccc(F)cc1I. The zero-order valence-corrected chi connectivity index (χ0v) is 13.0. The summed E-state index contributed by atoms with van der Waals surface area (Å²) < 4.78 is 13.5. The number of unbranched alkanes of at least 4 members (excludes halogenated alkanes) is 1. The Morgan fingerprint density at radius 3 is 2.72 bits per heavy atom. The van der Waals surface area contributed by atoms with Crippen LogP contribution in [-0.4, -0.2) is 12.5 Å². The van der Waals surface area contributed by atoms with Crippen LogP contribution in [0.4, 0.5) is 4.39 Å². The van der Waals surface area contributed by atoms with E-state index in [0.717, 1.165) is 12.8 Å². The van der Waals surface area contributed by atoms with Gasteiger partial charge in [-0.05, 0) is 53.1 Å². The lowest BCUT2D eigenvalue weighted by atomic mass is 10.1. The molecule has 0 aliphatic carbocycles. The highest BCUT2D eigenvalue weighted by molar-refractivity contribution is 14.1. The van der Waals surface area contributed by atoms with Gasteiger partial charge in [0.2, 0.25) is 0 Å². The molecule has 0 saturated heterocycles. The first-order valence-corrected chi connectivity index (χ1v) is 7.32. The standard InChI is InChI=1S/C14H19FINO/c1-10(2)5-3-4-8-17-14(18)12-7-6-11(15)9-13(12)16/h6-7,9-10H,3-5,8H2,1-2H3,(H,17,18). The number of amides is 1. The van der Waals surface area contributed by atoms with Crippen molar-refractivity contribution in [2.75, 3.05) is 6.54 Å². The first kappa shape index (κ1) is 15.4. The van der Waals surface area contributed by atoms with Crippen molar-refractivity contribution in [2.45, 2.75) is 33.1 Å². The second-order valence-corrected chi connectivity index (χ2v) is 5.93. The van der Waals surface area contributed by atoms with Gasteiger partial charge in [0, 0.05) is 10.1 Å². The van der Waals surface area contributed by atoms with E-state index in [-0.39, 0.29) is 11.7 Å². The molecule has 18 heavy (non-hydrogen) atoms. The largest absolute Gasteiger partial charge is 0.352 e. The molecule has 100 valence electrons. The number of benzene rings is 1. The van der Waals surface area contributed by atoms with E-state index >= 15 is 0 Å². The van der Waals surface area contributed by atoms with E-state index in [0.29, 0.717) is 21.6 Å². The minimum Gasteiger partial charge on any atom is -0.352 e. The summed E-state index contributed by atoms with van der Waals surface area (Å²) in [4.78, 5) is 11.8. The Labute approximate surface area is 121 Å². The molecule has 1 N–H and O–H groups in total. The molecule has 0 aromatic heterocycles. The van der Waals surface area contributed by atoms with E-state index in [4.69, 9.17) is 0 Å². The molecule has 0 fully saturated rings. The van der Waals surface area contributed by atoms with Crippen molar-refractivity contribution in [3.8, 4) is 0 Å². The van der Waals surface area contributed by atoms with Crippen molar-refractivity contribution in [1.29, 1.82) is 0 Å².